The molecular weight excluding hydrogens is 252 g/mol. The molecule has 0 aliphatic rings. The fourth-order valence-electron chi connectivity index (χ4n) is 1.20. The molecule has 0 radical (unpaired) electrons. The number of furan rings is 1. The molecule has 0 aliphatic heterocycles. The predicted octanol–water partition coefficient (Wildman–Crippen LogP) is 2.01. The van der Waals surface area contributed by atoms with E-state index >= 15 is 0 Å². The topological polar surface area (TPSA) is 63.8 Å². The molecule has 1 N–H and O–H groups in total. The molecular formula is C12H12N2O3S. The summed E-state index contributed by atoms with van der Waals surface area (Å²) in [5, 5.41) is 8.29. The van der Waals surface area contributed by atoms with Crippen molar-refractivity contribution in [2.75, 3.05) is 6.61 Å². The van der Waals surface area contributed by atoms with Gasteiger partial charge in [0.15, 0.2) is 6.61 Å². The average Bonchev–Trinajstić information content (AvgIpc) is 3.04. The van der Waals surface area contributed by atoms with Gasteiger partial charge in [-0.3, -0.25) is 4.79 Å². The predicted molar refractivity (Wildman–Crippen MR) is 68.4 cm³/mol. The van der Waals surface area contributed by atoms with E-state index in [2.05, 4.69) is 10.5 Å². The summed E-state index contributed by atoms with van der Waals surface area (Å²) in [6.45, 7) is 0.242. The van der Waals surface area contributed by atoms with E-state index < -0.39 is 0 Å². The van der Waals surface area contributed by atoms with Crippen LogP contribution < -0.4 is 5.32 Å². The van der Waals surface area contributed by atoms with E-state index in [9.17, 15) is 4.79 Å². The van der Waals surface area contributed by atoms with Crippen molar-refractivity contribution in [2.45, 2.75) is 6.54 Å². The summed E-state index contributed by atoms with van der Waals surface area (Å²) >= 11 is 1.55. The maximum absolute atomic E-state index is 11.4. The first-order chi connectivity index (χ1) is 8.84. The molecule has 0 saturated carbocycles. The molecule has 18 heavy (non-hydrogen) atoms. The number of hydrogen-bond acceptors (Lipinski definition) is 5. The molecule has 94 valence electrons. The van der Waals surface area contributed by atoms with Crippen molar-refractivity contribution in [3.8, 4) is 0 Å². The van der Waals surface area contributed by atoms with Crippen molar-refractivity contribution in [3.63, 3.8) is 0 Å². The third kappa shape index (κ3) is 4.06. The quantitative estimate of drug-likeness (QED) is 0.641. The van der Waals surface area contributed by atoms with Gasteiger partial charge in [0.25, 0.3) is 5.91 Å². The highest BCUT2D eigenvalue weighted by Crippen LogP contribution is 2.04. The minimum atomic E-state index is -0.241. The standard InChI is InChI=1S/C12H12N2O3S/c15-12(13-7-10-3-1-5-16-10)9-17-14-8-11-4-2-6-18-11/h1-6,8H,7,9H2,(H,13,15)/b14-8+. The second kappa shape index (κ2) is 6.61. The molecule has 5 nitrogen and oxygen atoms in total. The highest BCUT2D eigenvalue weighted by atomic mass is 32.1. The zero-order valence-electron chi connectivity index (χ0n) is 9.54. The molecule has 0 bridgehead atoms. The first kappa shape index (κ1) is 12.4. The van der Waals surface area contributed by atoms with Crippen molar-refractivity contribution >= 4 is 23.5 Å². The van der Waals surface area contributed by atoms with Crippen LogP contribution in [0.3, 0.4) is 0 Å². The van der Waals surface area contributed by atoms with Crippen molar-refractivity contribution in [1.82, 2.24) is 5.32 Å². The van der Waals surface area contributed by atoms with Gasteiger partial charge in [0.2, 0.25) is 0 Å². The van der Waals surface area contributed by atoms with Crippen LogP contribution >= 0.6 is 11.3 Å². The van der Waals surface area contributed by atoms with Gasteiger partial charge in [0, 0.05) is 4.88 Å². The summed E-state index contributed by atoms with van der Waals surface area (Å²) in [4.78, 5) is 17.2. The van der Waals surface area contributed by atoms with Gasteiger partial charge in [0.1, 0.15) is 5.76 Å². The Morgan fingerprint density at radius 2 is 2.44 bits per heavy atom. The van der Waals surface area contributed by atoms with Gasteiger partial charge >= 0.3 is 0 Å². The number of amides is 1. The van der Waals surface area contributed by atoms with Crippen LogP contribution in [0, 0.1) is 0 Å². The lowest BCUT2D eigenvalue weighted by Gasteiger charge is -2.01. The van der Waals surface area contributed by atoms with E-state index in [0.717, 1.165) is 4.88 Å². The molecule has 2 heterocycles. The summed E-state index contributed by atoms with van der Waals surface area (Å²) in [6.07, 6.45) is 3.13. The Labute approximate surface area is 108 Å². The lowest BCUT2D eigenvalue weighted by Crippen LogP contribution is -2.26. The Morgan fingerprint density at radius 1 is 1.50 bits per heavy atom. The number of carbonyl (C=O) groups is 1. The molecule has 0 saturated heterocycles. The highest BCUT2D eigenvalue weighted by molar-refractivity contribution is 7.11. The fraction of sp³-hybridized carbons (Fsp3) is 0.167. The van der Waals surface area contributed by atoms with E-state index in [0.29, 0.717) is 12.3 Å². The van der Waals surface area contributed by atoms with E-state index in [-0.39, 0.29) is 12.5 Å². The van der Waals surface area contributed by atoms with Crippen LogP contribution in [0.25, 0.3) is 0 Å². The van der Waals surface area contributed by atoms with Crippen LogP contribution in [-0.2, 0) is 16.2 Å². The largest absolute Gasteiger partial charge is 0.467 e. The smallest absolute Gasteiger partial charge is 0.261 e. The Balaban J connectivity index is 1.63. The summed E-state index contributed by atoms with van der Waals surface area (Å²) < 4.78 is 5.07. The first-order valence-corrected chi connectivity index (χ1v) is 6.20. The normalized spacial score (nSPS) is 10.7. The number of nitrogens with one attached hydrogen (secondary N) is 1. The zero-order valence-corrected chi connectivity index (χ0v) is 10.4. The number of hydrogen-bond donors (Lipinski definition) is 1. The third-order valence-corrected chi connectivity index (χ3v) is 2.84. The molecule has 0 spiro atoms. The minimum absolute atomic E-state index is 0.109. The van der Waals surface area contributed by atoms with Gasteiger partial charge in [0.05, 0.1) is 19.0 Å². The Hall–Kier alpha value is -2.08. The number of oxime groups is 1. The molecule has 0 atom stereocenters. The third-order valence-electron chi connectivity index (χ3n) is 2.03. The Kier molecular flexibility index (Phi) is 4.54. The van der Waals surface area contributed by atoms with Gasteiger partial charge in [-0.15, -0.1) is 11.3 Å². The van der Waals surface area contributed by atoms with Crippen molar-refractivity contribution in [2.24, 2.45) is 5.16 Å². The highest BCUT2D eigenvalue weighted by Gasteiger charge is 2.02. The summed E-state index contributed by atoms with van der Waals surface area (Å²) in [7, 11) is 0. The van der Waals surface area contributed by atoms with Crippen LogP contribution in [0.2, 0.25) is 0 Å². The second-order valence-electron chi connectivity index (χ2n) is 3.38. The summed E-state index contributed by atoms with van der Waals surface area (Å²) in [6, 6.07) is 7.38. The Bertz CT molecular complexity index is 491. The molecule has 2 aromatic heterocycles. The van der Waals surface area contributed by atoms with Gasteiger partial charge in [-0.05, 0) is 23.6 Å². The van der Waals surface area contributed by atoms with Gasteiger partial charge in [-0.25, -0.2) is 0 Å². The molecule has 1 amide bonds. The van der Waals surface area contributed by atoms with E-state index in [1.54, 1.807) is 35.9 Å². The molecule has 2 rings (SSSR count). The van der Waals surface area contributed by atoms with Crippen molar-refractivity contribution in [3.05, 3.63) is 46.5 Å². The maximum atomic E-state index is 11.4. The zero-order chi connectivity index (χ0) is 12.6. The lowest BCUT2D eigenvalue weighted by atomic mass is 10.4. The second-order valence-corrected chi connectivity index (χ2v) is 4.36. The van der Waals surface area contributed by atoms with E-state index in [4.69, 9.17) is 9.25 Å². The number of thiophene rings is 1. The van der Waals surface area contributed by atoms with Crippen LogP contribution in [0.1, 0.15) is 10.6 Å². The molecule has 0 unspecified atom stereocenters. The van der Waals surface area contributed by atoms with Gasteiger partial charge in [-0.1, -0.05) is 11.2 Å². The molecule has 0 fully saturated rings. The van der Waals surface area contributed by atoms with E-state index in [1.807, 2.05) is 17.5 Å². The fourth-order valence-corrected chi connectivity index (χ4v) is 1.78. The van der Waals surface area contributed by atoms with Crippen LogP contribution in [0.4, 0.5) is 0 Å². The molecule has 2 aromatic rings. The van der Waals surface area contributed by atoms with Gasteiger partial charge < -0.3 is 14.6 Å². The van der Waals surface area contributed by atoms with Crippen LogP contribution in [-0.4, -0.2) is 18.7 Å². The minimum Gasteiger partial charge on any atom is -0.467 e. The maximum Gasteiger partial charge on any atom is 0.261 e. The summed E-state index contributed by atoms with van der Waals surface area (Å²) in [5.41, 5.74) is 0. The Morgan fingerprint density at radius 3 is 3.17 bits per heavy atom. The number of carbonyl (C=O) groups excluding carboxylic acids is 1. The summed E-state index contributed by atoms with van der Waals surface area (Å²) in [5.74, 6) is 0.458. The first-order valence-electron chi connectivity index (χ1n) is 5.32. The number of nitrogens with zero attached hydrogens (tertiary/aromatic N) is 1. The molecule has 0 aliphatic carbocycles. The number of rotatable bonds is 6. The average molecular weight is 264 g/mol. The van der Waals surface area contributed by atoms with Crippen LogP contribution in [0.15, 0.2) is 45.5 Å². The van der Waals surface area contributed by atoms with E-state index in [1.165, 1.54) is 0 Å². The lowest BCUT2D eigenvalue weighted by molar-refractivity contribution is -0.125. The van der Waals surface area contributed by atoms with Crippen molar-refractivity contribution in [1.29, 1.82) is 0 Å². The molecule has 6 heteroatoms. The van der Waals surface area contributed by atoms with Gasteiger partial charge in [-0.2, -0.15) is 0 Å². The van der Waals surface area contributed by atoms with Crippen molar-refractivity contribution < 1.29 is 14.0 Å². The SMILES string of the molecule is O=C(CO/N=C/c1cccs1)NCc1ccco1. The monoisotopic (exact) mass is 264 g/mol. The van der Waals surface area contributed by atoms with Crippen LogP contribution in [0.5, 0.6) is 0 Å². The molecule has 0 aromatic carbocycles.